The summed E-state index contributed by atoms with van der Waals surface area (Å²) in [6.07, 6.45) is 6.02. The number of hydrogen-bond acceptors (Lipinski definition) is 1. The van der Waals surface area contributed by atoms with Crippen molar-refractivity contribution in [3.05, 3.63) is 12.3 Å². The fourth-order valence-corrected chi connectivity index (χ4v) is 1.20. The molecule has 1 aliphatic heterocycles. The smallest absolute Gasteiger partial charge is 0.304 e. The van der Waals surface area contributed by atoms with Gasteiger partial charge in [0.2, 0.25) is 0 Å². The predicted octanol–water partition coefficient (Wildman–Crippen LogP) is 1.10. The molecule has 0 spiro atoms. The van der Waals surface area contributed by atoms with Crippen molar-refractivity contribution in [2.45, 2.75) is 26.3 Å². The quantitative estimate of drug-likeness (QED) is 0.641. The minimum Gasteiger partial charge on any atom is -0.481 e. The monoisotopic (exact) mass is 168 g/mol. The second kappa shape index (κ2) is 3.52. The molecule has 0 aromatic rings. The summed E-state index contributed by atoms with van der Waals surface area (Å²) in [4.78, 5) is 10.4. The van der Waals surface area contributed by atoms with Crippen LogP contribution in [-0.4, -0.2) is 27.9 Å². The Morgan fingerprint density at radius 2 is 2.33 bits per heavy atom. The van der Waals surface area contributed by atoms with Gasteiger partial charge >= 0.3 is 5.97 Å². The number of allylic oxidation sites excluding steroid dienone is 1. The molecule has 1 atom stereocenters. The summed E-state index contributed by atoms with van der Waals surface area (Å²) < 4.78 is 2.04. The first-order valence-electron chi connectivity index (χ1n) is 4.12. The first kappa shape index (κ1) is 8.97. The Hall–Kier alpha value is -1.12. The van der Waals surface area contributed by atoms with Gasteiger partial charge in [-0.2, -0.15) is 0 Å². The van der Waals surface area contributed by atoms with Gasteiger partial charge in [-0.3, -0.25) is 4.79 Å². The summed E-state index contributed by atoms with van der Waals surface area (Å²) in [6, 6.07) is 0.417. The zero-order valence-electron chi connectivity index (χ0n) is 7.40. The van der Waals surface area contributed by atoms with Gasteiger partial charge in [0, 0.05) is 0 Å². The third kappa shape index (κ3) is 2.19. The predicted molar refractivity (Wildman–Crippen MR) is 46.3 cm³/mol. The number of nitrogens with zero attached hydrogens (tertiary/aromatic N) is 1. The standard InChI is InChI=1S/C9H13NO2/c1-7(2)10-4-3-8(6-10)5-9(11)12/h3-4,6-8H,5H2,1-2H3/p+1. The van der Waals surface area contributed by atoms with Crippen LogP contribution in [0.2, 0.25) is 0 Å². The number of hydrogen-bond donors (Lipinski definition) is 1. The summed E-state index contributed by atoms with van der Waals surface area (Å²) in [6.45, 7) is 4.15. The van der Waals surface area contributed by atoms with Crippen LogP contribution in [0.25, 0.3) is 0 Å². The number of aliphatic carboxylic acids is 1. The lowest BCUT2D eigenvalue weighted by molar-refractivity contribution is -0.484. The maximum absolute atomic E-state index is 10.4. The Bertz CT molecular complexity index is 241. The normalized spacial score (nSPS) is 21.6. The summed E-state index contributed by atoms with van der Waals surface area (Å²) in [5.41, 5.74) is 0. The largest absolute Gasteiger partial charge is 0.481 e. The van der Waals surface area contributed by atoms with Gasteiger partial charge in [-0.25, -0.2) is 4.58 Å². The Morgan fingerprint density at radius 1 is 1.67 bits per heavy atom. The van der Waals surface area contributed by atoms with Crippen LogP contribution in [0.4, 0.5) is 0 Å². The van der Waals surface area contributed by atoms with Crippen molar-refractivity contribution in [3.8, 4) is 0 Å². The van der Waals surface area contributed by atoms with E-state index in [9.17, 15) is 4.79 Å². The van der Waals surface area contributed by atoms with Crippen molar-refractivity contribution >= 4 is 12.2 Å². The van der Waals surface area contributed by atoms with Crippen molar-refractivity contribution in [3.63, 3.8) is 0 Å². The highest BCUT2D eigenvalue weighted by atomic mass is 16.4. The highest BCUT2D eigenvalue weighted by Crippen LogP contribution is 2.09. The Balaban J connectivity index is 2.54. The van der Waals surface area contributed by atoms with Gasteiger partial charge in [0.25, 0.3) is 0 Å². The SMILES string of the molecule is CC(C)[N+]1=CC(CC(=O)O)C=C1. The minimum atomic E-state index is -0.744. The summed E-state index contributed by atoms with van der Waals surface area (Å²) >= 11 is 0. The molecule has 1 unspecified atom stereocenters. The molecule has 3 heteroatoms. The molecule has 1 rings (SSSR count). The van der Waals surface area contributed by atoms with E-state index in [-0.39, 0.29) is 12.3 Å². The third-order valence-corrected chi connectivity index (χ3v) is 1.88. The molecule has 1 N–H and O–H groups in total. The van der Waals surface area contributed by atoms with Gasteiger partial charge in [-0.05, 0) is 19.9 Å². The number of rotatable bonds is 3. The van der Waals surface area contributed by atoms with Crippen LogP contribution in [0, 0.1) is 5.92 Å². The molecule has 0 aliphatic carbocycles. The van der Waals surface area contributed by atoms with Gasteiger partial charge < -0.3 is 5.11 Å². The molecule has 0 amide bonds. The van der Waals surface area contributed by atoms with Crippen LogP contribution in [0.1, 0.15) is 20.3 Å². The minimum absolute atomic E-state index is 0.0740. The van der Waals surface area contributed by atoms with E-state index < -0.39 is 5.97 Å². The molecular formula is C9H14NO2+. The van der Waals surface area contributed by atoms with Crippen molar-refractivity contribution in [1.29, 1.82) is 0 Å². The lowest BCUT2D eigenvalue weighted by Crippen LogP contribution is -2.15. The van der Waals surface area contributed by atoms with E-state index in [0.29, 0.717) is 6.04 Å². The summed E-state index contributed by atoms with van der Waals surface area (Å²) in [5.74, 6) is -0.670. The fourth-order valence-electron chi connectivity index (χ4n) is 1.20. The van der Waals surface area contributed by atoms with E-state index in [4.69, 9.17) is 5.11 Å². The zero-order valence-corrected chi connectivity index (χ0v) is 7.40. The Kier molecular flexibility index (Phi) is 2.63. The Labute approximate surface area is 72.0 Å². The molecule has 0 aromatic heterocycles. The van der Waals surface area contributed by atoms with E-state index in [1.807, 2.05) is 23.1 Å². The number of carboxylic acid groups (broad SMARTS) is 1. The molecule has 0 fully saturated rings. The van der Waals surface area contributed by atoms with Crippen LogP contribution in [0.3, 0.4) is 0 Å². The molecule has 0 radical (unpaired) electrons. The summed E-state index contributed by atoms with van der Waals surface area (Å²) in [5, 5.41) is 8.53. The molecule has 0 aromatic carbocycles. The number of carboxylic acids is 1. The van der Waals surface area contributed by atoms with Crippen LogP contribution in [0.5, 0.6) is 0 Å². The second-order valence-electron chi connectivity index (χ2n) is 3.29. The van der Waals surface area contributed by atoms with E-state index in [2.05, 4.69) is 13.8 Å². The summed E-state index contributed by atoms with van der Waals surface area (Å²) in [7, 11) is 0. The van der Waals surface area contributed by atoms with Crippen molar-refractivity contribution in [2.75, 3.05) is 0 Å². The average molecular weight is 168 g/mol. The van der Waals surface area contributed by atoms with E-state index in [1.165, 1.54) is 0 Å². The first-order chi connectivity index (χ1) is 5.59. The maximum atomic E-state index is 10.4. The van der Waals surface area contributed by atoms with E-state index in [1.54, 1.807) is 0 Å². The lowest BCUT2D eigenvalue weighted by Gasteiger charge is -1.97. The molecule has 0 bridgehead atoms. The molecule has 0 saturated carbocycles. The van der Waals surface area contributed by atoms with Gasteiger partial charge in [0.05, 0.1) is 12.3 Å². The Morgan fingerprint density at radius 3 is 2.75 bits per heavy atom. The first-order valence-corrected chi connectivity index (χ1v) is 4.12. The highest BCUT2D eigenvalue weighted by Gasteiger charge is 2.20. The van der Waals surface area contributed by atoms with Crippen LogP contribution < -0.4 is 0 Å². The maximum Gasteiger partial charge on any atom is 0.304 e. The van der Waals surface area contributed by atoms with Gasteiger partial charge in [-0.1, -0.05) is 0 Å². The molecule has 1 aliphatic rings. The molecular weight excluding hydrogens is 154 g/mol. The topological polar surface area (TPSA) is 40.3 Å². The van der Waals surface area contributed by atoms with Gasteiger partial charge in [0.1, 0.15) is 0 Å². The van der Waals surface area contributed by atoms with Crippen LogP contribution in [-0.2, 0) is 4.79 Å². The molecule has 3 nitrogen and oxygen atoms in total. The number of carbonyl (C=O) groups is 1. The molecule has 0 saturated heterocycles. The van der Waals surface area contributed by atoms with Gasteiger partial charge in [-0.15, -0.1) is 0 Å². The van der Waals surface area contributed by atoms with Crippen LogP contribution >= 0.6 is 0 Å². The van der Waals surface area contributed by atoms with Crippen molar-refractivity contribution in [1.82, 2.24) is 0 Å². The third-order valence-electron chi connectivity index (χ3n) is 1.88. The fraction of sp³-hybridized carbons (Fsp3) is 0.556. The second-order valence-corrected chi connectivity index (χ2v) is 3.29. The highest BCUT2D eigenvalue weighted by molar-refractivity contribution is 5.74. The van der Waals surface area contributed by atoms with Crippen molar-refractivity contribution in [2.24, 2.45) is 5.92 Å². The molecule has 66 valence electrons. The van der Waals surface area contributed by atoms with Crippen molar-refractivity contribution < 1.29 is 14.5 Å². The average Bonchev–Trinajstić information content (AvgIpc) is 2.34. The molecule has 1 heterocycles. The van der Waals surface area contributed by atoms with Crippen LogP contribution in [0.15, 0.2) is 12.3 Å². The van der Waals surface area contributed by atoms with Gasteiger partial charge in [0.15, 0.2) is 18.5 Å². The lowest BCUT2D eigenvalue weighted by atomic mass is 10.1. The molecule has 12 heavy (non-hydrogen) atoms. The zero-order chi connectivity index (χ0) is 9.14. The van der Waals surface area contributed by atoms with E-state index in [0.717, 1.165) is 0 Å². The van der Waals surface area contributed by atoms with E-state index >= 15 is 0 Å².